The summed E-state index contributed by atoms with van der Waals surface area (Å²) in [7, 11) is 0. The lowest BCUT2D eigenvalue weighted by molar-refractivity contribution is 0.388. The second kappa shape index (κ2) is 3.42. The van der Waals surface area contributed by atoms with Crippen LogP contribution in [0.1, 0.15) is 5.56 Å². The molecule has 0 unspecified atom stereocenters. The van der Waals surface area contributed by atoms with Gasteiger partial charge in [-0.1, -0.05) is 17.3 Å². The van der Waals surface area contributed by atoms with E-state index in [9.17, 15) is 4.79 Å². The second-order valence-electron chi connectivity index (χ2n) is 2.88. The Morgan fingerprint density at radius 2 is 2.29 bits per heavy atom. The van der Waals surface area contributed by atoms with E-state index in [0.717, 1.165) is 15.6 Å². The number of halogens is 1. The molecule has 5 heteroatoms. The molecule has 1 aromatic heterocycles. The Morgan fingerprint density at radius 1 is 1.50 bits per heavy atom. The zero-order valence-corrected chi connectivity index (χ0v) is 8.96. The lowest BCUT2D eigenvalue weighted by atomic mass is 10.1. The van der Waals surface area contributed by atoms with Crippen LogP contribution >= 0.6 is 15.9 Å². The molecule has 2 aromatic rings. The van der Waals surface area contributed by atoms with Gasteiger partial charge in [0.15, 0.2) is 5.82 Å². The van der Waals surface area contributed by atoms with Crippen molar-refractivity contribution in [2.75, 3.05) is 0 Å². The topological polar surface area (TPSA) is 58.9 Å². The van der Waals surface area contributed by atoms with Gasteiger partial charge < -0.3 is 0 Å². The summed E-state index contributed by atoms with van der Waals surface area (Å²) in [6.45, 7) is 1.96. The van der Waals surface area contributed by atoms with Crippen molar-refractivity contribution in [3.63, 3.8) is 0 Å². The molecule has 72 valence electrons. The third kappa shape index (κ3) is 1.50. The van der Waals surface area contributed by atoms with E-state index in [1.807, 2.05) is 25.1 Å². The van der Waals surface area contributed by atoms with Crippen LogP contribution in [0.2, 0.25) is 0 Å². The number of nitrogens with one attached hydrogen (secondary N) is 1. The van der Waals surface area contributed by atoms with Gasteiger partial charge in [0.05, 0.1) is 0 Å². The molecular formula is C9H7BrN2O2. The van der Waals surface area contributed by atoms with E-state index in [4.69, 9.17) is 0 Å². The fourth-order valence-corrected chi connectivity index (χ4v) is 1.63. The third-order valence-corrected chi connectivity index (χ3v) is 2.94. The Hall–Kier alpha value is -1.36. The molecule has 0 atom stereocenters. The zero-order chi connectivity index (χ0) is 10.1. The van der Waals surface area contributed by atoms with Crippen LogP contribution in [0.4, 0.5) is 0 Å². The van der Waals surface area contributed by atoms with E-state index in [-0.39, 0.29) is 0 Å². The highest BCUT2D eigenvalue weighted by Crippen LogP contribution is 2.27. The molecule has 0 fully saturated rings. The zero-order valence-electron chi connectivity index (χ0n) is 7.37. The molecule has 0 aliphatic heterocycles. The SMILES string of the molecule is Cc1cccc(-c2noc(=O)[nH]2)c1Br. The van der Waals surface area contributed by atoms with Gasteiger partial charge in [0.1, 0.15) is 0 Å². The van der Waals surface area contributed by atoms with E-state index >= 15 is 0 Å². The maximum absolute atomic E-state index is 10.8. The predicted octanol–water partition coefficient (Wildman–Crippen LogP) is 2.10. The fraction of sp³-hybridized carbons (Fsp3) is 0.111. The van der Waals surface area contributed by atoms with Crippen LogP contribution in [0.15, 0.2) is 32.0 Å². The van der Waals surface area contributed by atoms with Crippen molar-refractivity contribution in [1.82, 2.24) is 10.1 Å². The minimum Gasteiger partial charge on any atom is -0.296 e. The number of hydrogen-bond donors (Lipinski definition) is 1. The van der Waals surface area contributed by atoms with Crippen molar-refractivity contribution in [1.29, 1.82) is 0 Å². The summed E-state index contributed by atoms with van der Waals surface area (Å²) in [5.74, 6) is -0.112. The van der Waals surface area contributed by atoms with Crippen molar-refractivity contribution < 1.29 is 4.52 Å². The molecule has 0 aliphatic carbocycles. The number of nitrogens with zero attached hydrogens (tertiary/aromatic N) is 1. The predicted molar refractivity (Wildman–Crippen MR) is 55.0 cm³/mol. The monoisotopic (exact) mass is 254 g/mol. The Bertz CT molecular complexity index is 516. The van der Waals surface area contributed by atoms with Gasteiger partial charge in [0.25, 0.3) is 0 Å². The summed E-state index contributed by atoms with van der Waals surface area (Å²) >= 11 is 3.42. The molecule has 0 bridgehead atoms. The molecule has 0 radical (unpaired) electrons. The van der Waals surface area contributed by atoms with E-state index in [2.05, 4.69) is 30.6 Å². The molecule has 1 aromatic carbocycles. The highest BCUT2D eigenvalue weighted by molar-refractivity contribution is 9.10. The fourth-order valence-electron chi connectivity index (χ4n) is 1.18. The molecule has 14 heavy (non-hydrogen) atoms. The standard InChI is InChI=1S/C9H7BrN2O2/c1-5-3-2-4-6(7(5)10)8-11-9(13)14-12-8/h2-4H,1H3,(H,11,12,13). The van der Waals surface area contributed by atoms with Crippen LogP contribution in [0.5, 0.6) is 0 Å². The lowest BCUT2D eigenvalue weighted by Crippen LogP contribution is -1.95. The first-order valence-electron chi connectivity index (χ1n) is 4.00. The average molecular weight is 255 g/mol. The average Bonchev–Trinajstić information content (AvgIpc) is 2.57. The first-order valence-corrected chi connectivity index (χ1v) is 4.79. The molecule has 1 heterocycles. The minimum atomic E-state index is -0.548. The van der Waals surface area contributed by atoms with Crippen LogP contribution in [0, 0.1) is 6.92 Å². The van der Waals surface area contributed by atoms with Gasteiger partial charge in [-0.25, -0.2) is 4.79 Å². The molecule has 0 spiro atoms. The summed E-state index contributed by atoms with van der Waals surface area (Å²) in [4.78, 5) is 13.3. The van der Waals surface area contributed by atoms with Crippen molar-refractivity contribution >= 4 is 15.9 Å². The van der Waals surface area contributed by atoms with Gasteiger partial charge in [0, 0.05) is 10.0 Å². The van der Waals surface area contributed by atoms with Crippen LogP contribution in [0.25, 0.3) is 11.4 Å². The maximum atomic E-state index is 10.8. The van der Waals surface area contributed by atoms with Crippen molar-refractivity contribution in [2.45, 2.75) is 6.92 Å². The summed E-state index contributed by atoms with van der Waals surface area (Å²) in [6.07, 6.45) is 0. The summed E-state index contributed by atoms with van der Waals surface area (Å²) in [6, 6.07) is 5.71. The minimum absolute atomic E-state index is 0.436. The lowest BCUT2D eigenvalue weighted by Gasteiger charge is -2.01. The highest BCUT2D eigenvalue weighted by atomic mass is 79.9. The molecule has 0 aliphatic rings. The van der Waals surface area contributed by atoms with Gasteiger partial charge in [-0.05, 0) is 34.5 Å². The number of benzene rings is 1. The normalized spacial score (nSPS) is 10.4. The van der Waals surface area contributed by atoms with E-state index in [1.165, 1.54) is 0 Å². The number of rotatable bonds is 1. The van der Waals surface area contributed by atoms with Gasteiger partial charge in [-0.2, -0.15) is 0 Å². The number of hydrogen-bond acceptors (Lipinski definition) is 3. The van der Waals surface area contributed by atoms with Crippen molar-refractivity contribution in [3.8, 4) is 11.4 Å². The number of aromatic nitrogens is 2. The number of aromatic amines is 1. The highest BCUT2D eigenvalue weighted by Gasteiger charge is 2.09. The number of H-pyrrole nitrogens is 1. The Balaban J connectivity index is 2.62. The quantitative estimate of drug-likeness (QED) is 0.848. The molecule has 1 N–H and O–H groups in total. The summed E-state index contributed by atoms with van der Waals surface area (Å²) in [5, 5.41) is 3.61. The van der Waals surface area contributed by atoms with Gasteiger partial charge in [0.2, 0.25) is 0 Å². The molecular weight excluding hydrogens is 248 g/mol. The largest absolute Gasteiger partial charge is 0.439 e. The smallest absolute Gasteiger partial charge is 0.296 e. The molecule has 4 nitrogen and oxygen atoms in total. The maximum Gasteiger partial charge on any atom is 0.439 e. The molecule has 0 amide bonds. The van der Waals surface area contributed by atoms with E-state index in [0.29, 0.717) is 5.82 Å². The Morgan fingerprint density at radius 3 is 2.93 bits per heavy atom. The van der Waals surface area contributed by atoms with Gasteiger partial charge in [-0.3, -0.25) is 9.51 Å². The van der Waals surface area contributed by atoms with Crippen LogP contribution in [0.3, 0.4) is 0 Å². The van der Waals surface area contributed by atoms with Crippen LogP contribution in [-0.4, -0.2) is 10.1 Å². The molecule has 2 rings (SSSR count). The Labute approximate surface area is 88.1 Å². The van der Waals surface area contributed by atoms with Gasteiger partial charge in [-0.15, -0.1) is 0 Å². The van der Waals surface area contributed by atoms with Gasteiger partial charge >= 0.3 is 5.76 Å². The molecule has 0 saturated heterocycles. The van der Waals surface area contributed by atoms with E-state index < -0.39 is 5.76 Å². The van der Waals surface area contributed by atoms with Crippen molar-refractivity contribution in [3.05, 3.63) is 38.8 Å². The summed E-state index contributed by atoms with van der Waals surface area (Å²) < 4.78 is 5.34. The first kappa shape index (κ1) is 9.21. The van der Waals surface area contributed by atoms with Crippen LogP contribution < -0.4 is 5.76 Å². The van der Waals surface area contributed by atoms with Crippen LogP contribution in [-0.2, 0) is 0 Å². The first-order chi connectivity index (χ1) is 6.68. The van der Waals surface area contributed by atoms with Crippen molar-refractivity contribution in [2.24, 2.45) is 0 Å². The second-order valence-corrected chi connectivity index (χ2v) is 3.67. The number of aryl methyl sites for hydroxylation is 1. The van der Waals surface area contributed by atoms with E-state index in [1.54, 1.807) is 0 Å². The Kier molecular flexibility index (Phi) is 2.25. The third-order valence-electron chi connectivity index (χ3n) is 1.89. The summed E-state index contributed by atoms with van der Waals surface area (Å²) in [5.41, 5.74) is 1.89. The molecule has 0 saturated carbocycles.